The van der Waals surface area contributed by atoms with Crippen LogP contribution < -0.4 is 10.2 Å². The monoisotopic (exact) mass is 487 g/mol. The SMILES string of the molecule is COC(=O)CCN(CCC(=O)OC)c1ccc(N=Nc2ccc([N+](=O)[O-])cc2O)c(NC(C)=O)c1. The lowest BCUT2D eigenvalue weighted by Gasteiger charge is -2.25. The number of non-ortho nitro benzene ring substituents is 1. The molecule has 0 atom stereocenters. The minimum absolute atomic E-state index is 0.00812. The molecule has 0 bridgehead atoms. The molecule has 0 unspecified atom stereocenters. The van der Waals surface area contributed by atoms with Crippen molar-refractivity contribution in [1.82, 2.24) is 0 Å². The second-order valence-corrected chi connectivity index (χ2v) is 7.15. The van der Waals surface area contributed by atoms with E-state index in [1.807, 2.05) is 0 Å². The zero-order valence-corrected chi connectivity index (χ0v) is 19.4. The molecule has 2 rings (SSSR count). The predicted octanol–water partition coefficient (Wildman–Crippen LogP) is 3.61. The van der Waals surface area contributed by atoms with Gasteiger partial charge in [-0.05, 0) is 24.3 Å². The Kier molecular flexibility index (Phi) is 9.63. The van der Waals surface area contributed by atoms with Crippen LogP contribution in [-0.2, 0) is 23.9 Å². The molecule has 0 radical (unpaired) electrons. The molecule has 35 heavy (non-hydrogen) atoms. The lowest BCUT2D eigenvalue weighted by molar-refractivity contribution is -0.384. The van der Waals surface area contributed by atoms with E-state index in [0.717, 1.165) is 6.07 Å². The van der Waals surface area contributed by atoms with Gasteiger partial charge in [0.2, 0.25) is 5.91 Å². The number of nitro benzene ring substituents is 1. The fourth-order valence-corrected chi connectivity index (χ4v) is 2.94. The smallest absolute Gasteiger partial charge is 0.307 e. The van der Waals surface area contributed by atoms with Gasteiger partial charge in [-0.2, -0.15) is 0 Å². The summed E-state index contributed by atoms with van der Waals surface area (Å²) in [4.78, 5) is 46.9. The number of azo groups is 1. The molecule has 2 aromatic rings. The third-order valence-electron chi connectivity index (χ3n) is 4.72. The van der Waals surface area contributed by atoms with Crippen molar-refractivity contribution in [3.63, 3.8) is 0 Å². The van der Waals surface area contributed by atoms with E-state index < -0.39 is 22.6 Å². The average Bonchev–Trinajstić information content (AvgIpc) is 2.82. The van der Waals surface area contributed by atoms with Crippen LogP contribution in [0, 0.1) is 10.1 Å². The molecule has 0 aliphatic heterocycles. The van der Waals surface area contributed by atoms with Gasteiger partial charge in [0.15, 0.2) is 0 Å². The van der Waals surface area contributed by atoms with Gasteiger partial charge < -0.3 is 24.8 Å². The number of rotatable bonds is 11. The molecule has 0 saturated heterocycles. The number of hydrogen-bond acceptors (Lipinski definition) is 11. The molecule has 0 saturated carbocycles. The van der Waals surface area contributed by atoms with Crippen LogP contribution in [-0.4, -0.2) is 55.2 Å². The number of anilines is 2. The van der Waals surface area contributed by atoms with Gasteiger partial charge in [0.1, 0.15) is 17.1 Å². The number of phenols is 1. The van der Waals surface area contributed by atoms with Crippen molar-refractivity contribution in [2.24, 2.45) is 10.2 Å². The number of esters is 2. The van der Waals surface area contributed by atoms with Crippen molar-refractivity contribution in [3.8, 4) is 5.75 Å². The zero-order chi connectivity index (χ0) is 26.0. The summed E-state index contributed by atoms with van der Waals surface area (Å²) >= 11 is 0. The number of methoxy groups -OCH3 is 2. The third kappa shape index (κ3) is 8.07. The number of nitrogens with one attached hydrogen (secondary N) is 1. The summed E-state index contributed by atoms with van der Waals surface area (Å²) in [6, 6.07) is 8.17. The summed E-state index contributed by atoms with van der Waals surface area (Å²) in [5.74, 6) is -1.67. The first-order valence-electron chi connectivity index (χ1n) is 10.3. The number of phenolic OH excluding ortho intramolecular Hbond substituents is 1. The summed E-state index contributed by atoms with van der Waals surface area (Å²) in [5.41, 5.74) is 0.789. The van der Waals surface area contributed by atoms with Gasteiger partial charge in [0.05, 0.1) is 43.7 Å². The molecule has 13 nitrogen and oxygen atoms in total. The molecule has 0 heterocycles. The summed E-state index contributed by atoms with van der Waals surface area (Å²) in [6.45, 7) is 1.78. The van der Waals surface area contributed by atoms with Gasteiger partial charge in [-0.15, -0.1) is 10.2 Å². The first-order valence-corrected chi connectivity index (χ1v) is 10.3. The summed E-state index contributed by atoms with van der Waals surface area (Å²) in [5, 5.41) is 31.4. The minimum atomic E-state index is -0.652. The Balaban J connectivity index is 2.37. The van der Waals surface area contributed by atoms with Crippen LogP contribution in [0.15, 0.2) is 46.6 Å². The normalized spacial score (nSPS) is 10.6. The van der Waals surface area contributed by atoms with Crippen molar-refractivity contribution in [1.29, 1.82) is 0 Å². The first-order chi connectivity index (χ1) is 16.6. The van der Waals surface area contributed by atoms with Crippen molar-refractivity contribution < 1.29 is 33.9 Å². The van der Waals surface area contributed by atoms with Crippen molar-refractivity contribution >= 4 is 46.3 Å². The average molecular weight is 487 g/mol. The Bertz CT molecular complexity index is 1110. The van der Waals surface area contributed by atoms with E-state index >= 15 is 0 Å². The lowest BCUT2D eigenvalue weighted by Crippen LogP contribution is -2.29. The first kappa shape index (κ1) is 26.7. The number of nitrogens with zero attached hydrogens (tertiary/aromatic N) is 4. The van der Waals surface area contributed by atoms with Crippen LogP contribution in [0.1, 0.15) is 19.8 Å². The number of nitro groups is 1. The Morgan fingerprint density at radius 2 is 1.57 bits per heavy atom. The van der Waals surface area contributed by atoms with Crippen molar-refractivity contribution in [3.05, 3.63) is 46.5 Å². The minimum Gasteiger partial charge on any atom is -0.505 e. The lowest BCUT2D eigenvalue weighted by atomic mass is 10.2. The van der Waals surface area contributed by atoms with E-state index in [-0.39, 0.29) is 54.6 Å². The number of carbonyl (C=O) groups excluding carboxylic acids is 3. The molecule has 0 aliphatic carbocycles. The molecule has 13 heteroatoms. The Morgan fingerprint density at radius 3 is 2.09 bits per heavy atom. The van der Waals surface area contributed by atoms with Crippen LogP contribution in [0.25, 0.3) is 0 Å². The van der Waals surface area contributed by atoms with Crippen LogP contribution in [0.2, 0.25) is 0 Å². The molecule has 1 amide bonds. The highest BCUT2D eigenvalue weighted by Gasteiger charge is 2.15. The van der Waals surface area contributed by atoms with Crippen LogP contribution in [0.5, 0.6) is 5.75 Å². The van der Waals surface area contributed by atoms with E-state index in [1.54, 1.807) is 23.1 Å². The molecular weight excluding hydrogens is 462 g/mol. The second-order valence-electron chi connectivity index (χ2n) is 7.15. The zero-order valence-electron chi connectivity index (χ0n) is 19.4. The molecule has 0 aromatic heterocycles. The fourth-order valence-electron chi connectivity index (χ4n) is 2.94. The van der Waals surface area contributed by atoms with Gasteiger partial charge in [0, 0.05) is 31.8 Å². The topological polar surface area (TPSA) is 173 Å². The predicted molar refractivity (Wildman–Crippen MR) is 125 cm³/mol. The Hall–Kier alpha value is -4.55. The quantitative estimate of drug-likeness (QED) is 0.208. The van der Waals surface area contributed by atoms with E-state index in [2.05, 4.69) is 25.0 Å². The Morgan fingerprint density at radius 1 is 1.00 bits per heavy atom. The molecule has 186 valence electrons. The van der Waals surface area contributed by atoms with Crippen LogP contribution in [0.3, 0.4) is 0 Å². The Labute approximate surface area is 200 Å². The van der Waals surface area contributed by atoms with Crippen LogP contribution in [0.4, 0.5) is 28.4 Å². The molecule has 2 N–H and O–H groups in total. The molecule has 0 aliphatic rings. The highest BCUT2D eigenvalue weighted by atomic mass is 16.6. The highest BCUT2D eigenvalue weighted by Crippen LogP contribution is 2.35. The maximum absolute atomic E-state index is 11.8. The summed E-state index contributed by atoms with van der Waals surface area (Å²) in [6.07, 6.45) is 0.127. The number of carbonyl (C=O) groups is 3. The molecule has 0 fully saturated rings. The molecule has 0 spiro atoms. The molecular formula is C22H25N5O8. The van der Waals surface area contributed by atoms with Crippen molar-refractivity contribution in [2.45, 2.75) is 19.8 Å². The maximum atomic E-state index is 11.8. The number of amides is 1. The van der Waals surface area contributed by atoms with E-state index in [0.29, 0.717) is 5.69 Å². The second kappa shape index (κ2) is 12.6. The number of benzene rings is 2. The van der Waals surface area contributed by atoms with Crippen molar-refractivity contribution in [2.75, 3.05) is 37.5 Å². The number of ether oxygens (including phenoxy) is 2. The van der Waals surface area contributed by atoms with Gasteiger partial charge in [-0.3, -0.25) is 24.5 Å². The number of aromatic hydroxyl groups is 1. The largest absolute Gasteiger partial charge is 0.505 e. The van der Waals surface area contributed by atoms with Gasteiger partial charge >= 0.3 is 11.9 Å². The van der Waals surface area contributed by atoms with E-state index in [9.17, 15) is 29.6 Å². The van der Waals surface area contributed by atoms with Gasteiger partial charge in [0.25, 0.3) is 5.69 Å². The van der Waals surface area contributed by atoms with E-state index in [4.69, 9.17) is 0 Å². The molecule has 2 aromatic carbocycles. The standard InChI is InChI=1S/C22H25N5O8/c1-14(28)23-19-12-15(26(10-8-21(30)34-2)11-9-22(31)35-3)4-6-17(19)24-25-18-7-5-16(27(32)33)13-20(18)29/h4-7,12-13,29H,8-11H2,1-3H3,(H,23,28). The van der Waals surface area contributed by atoms with E-state index in [1.165, 1.54) is 33.3 Å². The fraction of sp³-hybridized carbons (Fsp3) is 0.318. The highest BCUT2D eigenvalue weighted by molar-refractivity contribution is 5.93. The van der Waals surface area contributed by atoms with Gasteiger partial charge in [-0.25, -0.2) is 0 Å². The number of hydrogen-bond donors (Lipinski definition) is 2. The van der Waals surface area contributed by atoms with Crippen LogP contribution >= 0.6 is 0 Å². The van der Waals surface area contributed by atoms with Gasteiger partial charge in [-0.1, -0.05) is 0 Å². The third-order valence-corrected chi connectivity index (χ3v) is 4.72. The summed E-state index contributed by atoms with van der Waals surface area (Å²) in [7, 11) is 2.55. The summed E-state index contributed by atoms with van der Waals surface area (Å²) < 4.78 is 9.37. The maximum Gasteiger partial charge on any atom is 0.307 e.